The fourth-order valence-electron chi connectivity index (χ4n) is 11.6. The van der Waals surface area contributed by atoms with Crippen LogP contribution in [0.25, 0.3) is 0 Å². The van der Waals surface area contributed by atoms with Crippen LogP contribution in [0.2, 0.25) is 0 Å². The second-order valence-electron chi connectivity index (χ2n) is 25.2. The molecule has 0 saturated heterocycles. The normalized spacial score (nSPS) is 11.9. The van der Waals surface area contributed by atoms with Crippen LogP contribution >= 0.6 is 0 Å². The molecule has 0 aromatic heterocycles. The average Bonchev–Trinajstić information content (AvgIpc) is 3.45. The molecule has 0 bridgehead atoms. The van der Waals surface area contributed by atoms with Gasteiger partial charge in [0.1, 0.15) is 13.2 Å². The molecule has 1 unspecified atom stereocenters. The minimum absolute atomic E-state index is 0.0607. The Kier molecular flexibility index (Phi) is 67.5. The summed E-state index contributed by atoms with van der Waals surface area (Å²) in [5.74, 6) is -0.826. The number of esters is 3. The Morgan fingerprint density at radius 1 is 0.203 bits per heavy atom. The molecule has 1 atom stereocenters. The smallest absolute Gasteiger partial charge is 0.306 e. The van der Waals surface area contributed by atoms with Gasteiger partial charge in [-0.25, -0.2) is 0 Å². The second kappa shape index (κ2) is 68.9. The lowest BCUT2D eigenvalue weighted by Gasteiger charge is -2.18. The molecule has 0 rings (SSSR count). The van der Waals surface area contributed by atoms with Crippen LogP contribution in [-0.4, -0.2) is 37.2 Å². The van der Waals surface area contributed by atoms with Gasteiger partial charge in [-0.05, 0) is 19.3 Å². The molecule has 0 fully saturated rings. The van der Waals surface area contributed by atoms with Gasteiger partial charge in [0.05, 0.1) is 0 Å². The first-order valence-corrected chi connectivity index (χ1v) is 36.5. The summed E-state index contributed by atoms with van der Waals surface area (Å²) in [6.07, 6.45) is 81.7. The van der Waals surface area contributed by atoms with Gasteiger partial charge in [-0.2, -0.15) is 0 Å². The van der Waals surface area contributed by atoms with Gasteiger partial charge in [0.2, 0.25) is 0 Å². The summed E-state index contributed by atoms with van der Waals surface area (Å²) < 4.78 is 17.0. The van der Waals surface area contributed by atoms with Crippen molar-refractivity contribution < 1.29 is 28.6 Å². The minimum atomic E-state index is -0.762. The second-order valence-corrected chi connectivity index (χ2v) is 25.2. The first kappa shape index (κ1) is 77.4. The van der Waals surface area contributed by atoms with Crippen molar-refractivity contribution in [3.05, 3.63) is 0 Å². The molecule has 0 amide bonds. The maximum absolute atomic E-state index is 12.9. The van der Waals surface area contributed by atoms with E-state index in [1.54, 1.807) is 0 Å². The molecule has 79 heavy (non-hydrogen) atoms. The monoisotopic (exact) mass is 1120 g/mol. The van der Waals surface area contributed by atoms with Gasteiger partial charge in [-0.3, -0.25) is 14.4 Å². The molecule has 0 aliphatic rings. The minimum Gasteiger partial charge on any atom is -0.462 e. The van der Waals surface area contributed by atoms with Gasteiger partial charge in [0, 0.05) is 19.3 Å². The fraction of sp³-hybridized carbons (Fsp3) is 0.959. The van der Waals surface area contributed by atoms with Gasteiger partial charge < -0.3 is 14.2 Å². The average molecular weight is 1120 g/mol. The highest BCUT2D eigenvalue weighted by Crippen LogP contribution is 2.20. The van der Waals surface area contributed by atoms with Crippen molar-refractivity contribution in [3.8, 4) is 0 Å². The van der Waals surface area contributed by atoms with Crippen LogP contribution in [-0.2, 0) is 28.6 Å². The standard InChI is InChI=1S/C73H142O6/c1-4-7-10-13-16-19-21-23-25-27-29-31-32-33-34-35-36-37-38-39-40-42-43-45-47-49-51-54-57-60-63-66-72(75)78-69-70(68-77-71(74)65-62-59-56-53-18-15-12-9-6-3)79-73(76)67-64-61-58-55-52-50-48-46-44-41-30-28-26-24-22-20-17-14-11-8-5-2/h70H,4-69H2,1-3H3. The molecule has 0 saturated carbocycles. The number of rotatable bonds is 69. The summed E-state index contributed by atoms with van der Waals surface area (Å²) in [6, 6.07) is 0. The van der Waals surface area contributed by atoms with E-state index in [1.165, 1.54) is 334 Å². The summed E-state index contributed by atoms with van der Waals surface area (Å²) in [5, 5.41) is 0. The van der Waals surface area contributed by atoms with Crippen LogP contribution in [0.15, 0.2) is 0 Å². The molecule has 0 spiro atoms. The molecule has 6 heteroatoms. The van der Waals surface area contributed by atoms with Crippen LogP contribution in [0.5, 0.6) is 0 Å². The number of carbonyl (C=O) groups is 3. The lowest BCUT2D eigenvalue weighted by Crippen LogP contribution is -2.30. The highest BCUT2D eigenvalue weighted by Gasteiger charge is 2.20. The Labute approximate surface area is 495 Å². The highest BCUT2D eigenvalue weighted by molar-refractivity contribution is 5.71. The van der Waals surface area contributed by atoms with Crippen LogP contribution in [0, 0.1) is 0 Å². The lowest BCUT2D eigenvalue weighted by molar-refractivity contribution is -0.167. The maximum atomic E-state index is 12.9. The SMILES string of the molecule is CCCCCCCCCCCCCCCCCCCCCCCCCCCCCCCCCC(=O)OCC(COC(=O)CCCCCCCCCCC)OC(=O)CCCCCCCCCCCCCCCCCCCCCCC. The molecule has 0 aromatic rings. The van der Waals surface area contributed by atoms with E-state index < -0.39 is 6.10 Å². The third-order valence-electron chi connectivity index (χ3n) is 17.1. The van der Waals surface area contributed by atoms with E-state index in [9.17, 15) is 14.4 Å². The largest absolute Gasteiger partial charge is 0.462 e. The topological polar surface area (TPSA) is 78.9 Å². The molecule has 0 aromatic carbocycles. The summed E-state index contributed by atoms with van der Waals surface area (Å²) >= 11 is 0. The van der Waals surface area contributed by atoms with Crippen LogP contribution in [0.1, 0.15) is 432 Å². The lowest BCUT2D eigenvalue weighted by atomic mass is 10.0. The van der Waals surface area contributed by atoms with Crippen LogP contribution < -0.4 is 0 Å². The molecule has 0 heterocycles. The van der Waals surface area contributed by atoms with Gasteiger partial charge >= 0.3 is 17.9 Å². The Morgan fingerprint density at radius 3 is 0.506 bits per heavy atom. The van der Waals surface area contributed by atoms with Crippen molar-refractivity contribution in [1.82, 2.24) is 0 Å². The summed E-state index contributed by atoms with van der Waals surface area (Å²) in [7, 11) is 0. The zero-order chi connectivity index (χ0) is 57.1. The van der Waals surface area contributed by atoms with Gasteiger partial charge in [-0.1, -0.05) is 393 Å². The number of carbonyl (C=O) groups excluding carboxylic acids is 3. The van der Waals surface area contributed by atoms with Crippen molar-refractivity contribution >= 4 is 17.9 Å². The predicted octanol–water partition coefficient (Wildman–Crippen LogP) is 25.0. The van der Waals surface area contributed by atoms with E-state index in [0.717, 1.165) is 57.8 Å². The van der Waals surface area contributed by atoms with E-state index in [1.807, 2.05) is 0 Å². The van der Waals surface area contributed by atoms with Crippen molar-refractivity contribution in [1.29, 1.82) is 0 Å². The third kappa shape index (κ3) is 67.1. The number of unbranched alkanes of at least 4 members (excludes halogenated alkanes) is 58. The van der Waals surface area contributed by atoms with Crippen molar-refractivity contribution in [2.75, 3.05) is 13.2 Å². The van der Waals surface area contributed by atoms with Crippen molar-refractivity contribution in [2.24, 2.45) is 0 Å². The molecular weight excluding hydrogens is 973 g/mol. The zero-order valence-electron chi connectivity index (χ0n) is 54.2. The molecular formula is C73H142O6. The summed E-state index contributed by atoms with van der Waals surface area (Å²) in [5.41, 5.74) is 0. The van der Waals surface area contributed by atoms with Crippen LogP contribution in [0.3, 0.4) is 0 Å². The summed E-state index contributed by atoms with van der Waals surface area (Å²) in [4.78, 5) is 38.3. The first-order chi connectivity index (χ1) is 39.0. The van der Waals surface area contributed by atoms with Gasteiger partial charge in [0.15, 0.2) is 6.10 Å². The predicted molar refractivity (Wildman–Crippen MR) is 344 cm³/mol. The molecule has 0 aliphatic carbocycles. The van der Waals surface area contributed by atoms with Crippen molar-refractivity contribution in [2.45, 2.75) is 438 Å². The molecule has 0 aliphatic heterocycles. The van der Waals surface area contributed by atoms with Crippen molar-refractivity contribution in [3.63, 3.8) is 0 Å². The maximum Gasteiger partial charge on any atom is 0.306 e. The van der Waals surface area contributed by atoms with E-state index in [2.05, 4.69) is 20.8 Å². The molecule has 0 radical (unpaired) electrons. The van der Waals surface area contributed by atoms with Gasteiger partial charge in [0.25, 0.3) is 0 Å². The Hall–Kier alpha value is -1.59. The van der Waals surface area contributed by atoms with E-state index >= 15 is 0 Å². The Morgan fingerprint density at radius 2 is 0.342 bits per heavy atom. The quantitative estimate of drug-likeness (QED) is 0.0343. The third-order valence-corrected chi connectivity index (χ3v) is 17.1. The van der Waals surface area contributed by atoms with Crippen LogP contribution in [0.4, 0.5) is 0 Å². The molecule has 6 nitrogen and oxygen atoms in total. The number of ether oxygens (including phenoxy) is 3. The number of hydrogen-bond acceptors (Lipinski definition) is 6. The van der Waals surface area contributed by atoms with E-state index in [4.69, 9.17) is 14.2 Å². The highest BCUT2D eigenvalue weighted by atomic mass is 16.6. The number of hydrogen-bond donors (Lipinski definition) is 0. The zero-order valence-corrected chi connectivity index (χ0v) is 54.2. The fourth-order valence-corrected chi connectivity index (χ4v) is 11.6. The van der Waals surface area contributed by atoms with Gasteiger partial charge in [-0.15, -0.1) is 0 Å². The molecule has 0 N–H and O–H groups in total. The summed E-state index contributed by atoms with van der Waals surface area (Å²) in [6.45, 7) is 6.72. The van der Waals surface area contributed by atoms with E-state index in [0.29, 0.717) is 19.3 Å². The van der Waals surface area contributed by atoms with E-state index in [-0.39, 0.29) is 31.1 Å². The first-order valence-electron chi connectivity index (χ1n) is 36.5. The molecule has 470 valence electrons. The Bertz CT molecular complexity index is 1190. The Balaban J connectivity index is 4.01.